The molecule has 0 unspecified atom stereocenters. The molecule has 0 aromatic carbocycles. The van der Waals surface area contributed by atoms with Crippen molar-refractivity contribution in [2.75, 3.05) is 6.61 Å². The predicted octanol–water partition coefficient (Wildman–Crippen LogP) is 4.21. The molecule has 0 bridgehead atoms. The highest BCUT2D eigenvalue weighted by Crippen LogP contribution is 2.46. The lowest BCUT2D eigenvalue weighted by Gasteiger charge is -2.43. The third-order valence-corrected chi connectivity index (χ3v) is 5.77. The van der Waals surface area contributed by atoms with Crippen molar-refractivity contribution in [2.45, 2.75) is 59.8 Å². The van der Waals surface area contributed by atoms with Crippen LogP contribution < -0.4 is 0 Å². The Morgan fingerprint density at radius 3 is 2.42 bits per heavy atom. The van der Waals surface area contributed by atoms with Crippen LogP contribution in [0.4, 0.5) is 0 Å². The van der Waals surface area contributed by atoms with Crippen LogP contribution in [0.2, 0.25) is 0 Å². The first kappa shape index (κ1) is 15.0. The minimum absolute atomic E-state index is 0.0893. The molecule has 1 heterocycles. The second kappa shape index (κ2) is 5.53. The molecule has 0 saturated heterocycles. The topological polar surface area (TPSA) is 33.1 Å². The van der Waals surface area contributed by atoms with E-state index in [4.69, 9.17) is 0 Å². The van der Waals surface area contributed by atoms with Crippen molar-refractivity contribution in [1.82, 2.24) is 4.98 Å². The summed E-state index contributed by atoms with van der Waals surface area (Å²) < 4.78 is 0. The van der Waals surface area contributed by atoms with Crippen LogP contribution in [0.3, 0.4) is 0 Å². The maximum absolute atomic E-state index is 9.88. The van der Waals surface area contributed by atoms with Crippen LogP contribution in [0.1, 0.15) is 57.2 Å². The molecule has 0 radical (unpaired) electrons. The average molecular weight is 281 g/mol. The lowest BCUT2D eigenvalue weighted by Crippen LogP contribution is -2.36. The van der Waals surface area contributed by atoms with Gasteiger partial charge in [0.05, 0.1) is 5.01 Å². The Labute approximate surface area is 121 Å². The first-order chi connectivity index (χ1) is 8.85. The van der Waals surface area contributed by atoms with Crippen molar-refractivity contribution in [3.63, 3.8) is 0 Å². The van der Waals surface area contributed by atoms with Crippen LogP contribution in [-0.2, 0) is 6.42 Å². The Balaban J connectivity index is 2.02. The number of hydrogen-bond acceptors (Lipinski definition) is 3. The minimum atomic E-state index is 0.0893. The summed E-state index contributed by atoms with van der Waals surface area (Å²) in [7, 11) is 0. The third-order valence-electron chi connectivity index (χ3n) is 4.80. The van der Waals surface area contributed by atoms with E-state index < -0.39 is 0 Å². The second-order valence-electron chi connectivity index (χ2n) is 7.36. The van der Waals surface area contributed by atoms with Gasteiger partial charge in [-0.05, 0) is 49.4 Å². The molecule has 1 saturated carbocycles. The minimum Gasteiger partial charge on any atom is -0.396 e. The number of nitrogens with zero attached hydrogens (tertiary/aromatic N) is 1. The zero-order valence-corrected chi connectivity index (χ0v) is 13.5. The van der Waals surface area contributed by atoms with Gasteiger partial charge in [-0.3, -0.25) is 0 Å². The highest BCUT2D eigenvalue weighted by atomic mass is 32.1. The van der Waals surface area contributed by atoms with Gasteiger partial charge in [-0.15, -0.1) is 11.3 Å². The van der Waals surface area contributed by atoms with Gasteiger partial charge >= 0.3 is 0 Å². The number of hydrogen-bond donors (Lipinski definition) is 1. The van der Waals surface area contributed by atoms with Crippen LogP contribution in [-0.4, -0.2) is 16.7 Å². The number of rotatable bonds is 3. The Morgan fingerprint density at radius 2 is 2.00 bits per heavy atom. The predicted molar refractivity (Wildman–Crippen MR) is 81.5 cm³/mol. The van der Waals surface area contributed by atoms with Gasteiger partial charge in [-0.25, -0.2) is 4.98 Å². The standard InChI is InChI=1S/C16H27NOS/c1-12-10-19-14(17-12)9-16(11-18)7-5-13(6-8-16)15(2,3)4/h10,13,18H,5-9,11H2,1-4H3. The van der Waals surface area contributed by atoms with Gasteiger partial charge in [-0.2, -0.15) is 0 Å². The van der Waals surface area contributed by atoms with Gasteiger partial charge < -0.3 is 5.11 Å². The van der Waals surface area contributed by atoms with Crippen molar-refractivity contribution in [2.24, 2.45) is 16.7 Å². The van der Waals surface area contributed by atoms with Gasteiger partial charge in [0, 0.05) is 24.1 Å². The lowest BCUT2D eigenvalue weighted by molar-refractivity contribution is 0.0369. The summed E-state index contributed by atoms with van der Waals surface area (Å²) in [6.07, 6.45) is 5.73. The van der Waals surface area contributed by atoms with Gasteiger partial charge in [0.2, 0.25) is 0 Å². The van der Waals surface area contributed by atoms with Crippen LogP contribution in [0.25, 0.3) is 0 Å². The van der Waals surface area contributed by atoms with Crippen molar-refractivity contribution >= 4 is 11.3 Å². The molecule has 1 aliphatic rings. The van der Waals surface area contributed by atoms with E-state index in [1.807, 2.05) is 6.92 Å². The average Bonchev–Trinajstić information content (AvgIpc) is 2.74. The van der Waals surface area contributed by atoms with Crippen molar-refractivity contribution in [3.8, 4) is 0 Å². The van der Waals surface area contributed by atoms with Crippen LogP contribution in [0.15, 0.2) is 5.38 Å². The van der Waals surface area contributed by atoms with E-state index in [2.05, 4.69) is 31.1 Å². The fourth-order valence-corrected chi connectivity index (χ4v) is 4.24. The van der Waals surface area contributed by atoms with E-state index >= 15 is 0 Å². The Kier molecular flexibility index (Phi) is 4.36. The van der Waals surface area contributed by atoms with Crippen LogP contribution >= 0.6 is 11.3 Å². The molecule has 1 N–H and O–H groups in total. The van der Waals surface area contributed by atoms with E-state index in [1.54, 1.807) is 11.3 Å². The molecule has 0 aliphatic heterocycles. The molecule has 0 atom stereocenters. The maximum Gasteiger partial charge on any atom is 0.0934 e. The Hall–Kier alpha value is -0.410. The van der Waals surface area contributed by atoms with E-state index in [1.165, 1.54) is 17.8 Å². The molecule has 1 aromatic heterocycles. The first-order valence-corrected chi connectivity index (χ1v) is 8.24. The highest BCUT2D eigenvalue weighted by Gasteiger charge is 2.38. The lowest BCUT2D eigenvalue weighted by atomic mass is 9.63. The van der Waals surface area contributed by atoms with Gasteiger partial charge in [0.1, 0.15) is 0 Å². The van der Waals surface area contributed by atoms with Crippen LogP contribution in [0.5, 0.6) is 0 Å². The van der Waals surface area contributed by atoms with E-state index in [-0.39, 0.29) is 5.41 Å². The molecule has 0 amide bonds. The van der Waals surface area contributed by atoms with Crippen molar-refractivity contribution in [3.05, 3.63) is 16.1 Å². The number of aromatic nitrogens is 1. The molecule has 1 aliphatic carbocycles. The number of aryl methyl sites for hydroxylation is 1. The highest BCUT2D eigenvalue weighted by molar-refractivity contribution is 7.09. The molecule has 2 rings (SSSR count). The summed E-state index contributed by atoms with van der Waals surface area (Å²) in [4.78, 5) is 4.57. The number of thiazole rings is 1. The molecular formula is C16H27NOS. The largest absolute Gasteiger partial charge is 0.396 e. The fourth-order valence-electron chi connectivity index (χ4n) is 3.29. The monoisotopic (exact) mass is 281 g/mol. The van der Waals surface area contributed by atoms with Crippen molar-refractivity contribution in [1.29, 1.82) is 0 Å². The summed E-state index contributed by atoms with van der Waals surface area (Å²) >= 11 is 1.74. The Bertz CT molecular complexity index is 411. The van der Waals surface area contributed by atoms with E-state index in [0.717, 1.165) is 30.9 Å². The smallest absolute Gasteiger partial charge is 0.0934 e. The van der Waals surface area contributed by atoms with Gasteiger partial charge in [0.25, 0.3) is 0 Å². The summed E-state index contributed by atoms with van der Waals surface area (Å²) in [5.74, 6) is 0.796. The quantitative estimate of drug-likeness (QED) is 0.900. The zero-order valence-electron chi connectivity index (χ0n) is 12.7. The van der Waals surface area contributed by atoms with E-state index in [0.29, 0.717) is 12.0 Å². The summed E-state index contributed by atoms with van der Waals surface area (Å²) in [5.41, 5.74) is 1.60. The number of aliphatic hydroxyl groups is 1. The Morgan fingerprint density at radius 1 is 1.37 bits per heavy atom. The molecule has 0 spiro atoms. The van der Waals surface area contributed by atoms with Crippen molar-refractivity contribution < 1.29 is 5.11 Å². The summed E-state index contributed by atoms with van der Waals surface area (Å²) in [6, 6.07) is 0. The van der Waals surface area contributed by atoms with Gasteiger partial charge in [0.15, 0.2) is 0 Å². The first-order valence-electron chi connectivity index (χ1n) is 7.36. The zero-order chi connectivity index (χ0) is 14.1. The van der Waals surface area contributed by atoms with Crippen LogP contribution in [0, 0.1) is 23.7 Å². The summed E-state index contributed by atoms with van der Waals surface area (Å²) in [5, 5.41) is 13.2. The van der Waals surface area contributed by atoms with Gasteiger partial charge in [-0.1, -0.05) is 20.8 Å². The molecule has 1 aromatic rings. The van der Waals surface area contributed by atoms with E-state index in [9.17, 15) is 5.11 Å². The third kappa shape index (κ3) is 3.57. The molecular weight excluding hydrogens is 254 g/mol. The summed E-state index contributed by atoms with van der Waals surface area (Å²) in [6.45, 7) is 9.38. The maximum atomic E-state index is 9.88. The molecule has 2 nitrogen and oxygen atoms in total. The molecule has 1 fully saturated rings. The molecule has 19 heavy (non-hydrogen) atoms. The fraction of sp³-hybridized carbons (Fsp3) is 0.812. The number of aliphatic hydroxyl groups excluding tert-OH is 1. The SMILES string of the molecule is Cc1csc(CC2(CO)CCC(C(C)(C)C)CC2)n1. The normalized spacial score (nSPS) is 28.6. The molecule has 3 heteroatoms. The molecule has 108 valence electrons. The second-order valence-corrected chi connectivity index (χ2v) is 8.30.